The van der Waals surface area contributed by atoms with Gasteiger partial charge in [-0.15, -0.1) is 0 Å². The van der Waals surface area contributed by atoms with E-state index < -0.39 is 51.0 Å². The molecule has 7 nitrogen and oxygen atoms in total. The number of phenolic OH excluding ortho intramolecular Hbond substituents is 1. The molecular weight excluding hydrogens is 556 g/mol. The van der Waals surface area contributed by atoms with Crippen molar-refractivity contribution in [1.82, 2.24) is 0 Å². The van der Waals surface area contributed by atoms with E-state index in [0.29, 0.717) is 17.9 Å². The molecule has 1 aromatic rings. The monoisotopic (exact) mass is 600 g/mol. The summed E-state index contributed by atoms with van der Waals surface area (Å²) in [4.78, 5) is 41.3. The molecule has 0 heterocycles. The van der Waals surface area contributed by atoms with Crippen LogP contribution < -0.4 is 0 Å². The van der Waals surface area contributed by atoms with Crippen LogP contribution in [0.3, 0.4) is 0 Å². The normalized spacial score (nSPS) is 32.2. The molecule has 6 rings (SSSR count). The summed E-state index contributed by atoms with van der Waals surface area (Å²) in [5, 5.41) is 47.4. The predicted octanol–water partition coefficient (Wildman–Crippen LogP) is 6.81. The number of phenols is 1. The third-order valence-corrected chi connectivity index (χ3v) is 11.4. The summed E-state index contributed by atoms with van der Waals surface area (Å²) in [6, 6.07) is 2.03. The quantitative estimate of drug-likeness (QED) is 0.273. The average Bonchev–Trinajstić information content (AvgIpc) is 3.47. The van der Waals surface area contributed by atoms with Crippen LogP contribution in [-0.2, 0) is 22.4 Å². The number of ketones is 3. The third-order valence-electron chi connectivity index (χ3n) is 11.4. The maximum atomic E-state index is 14.7. The maximum absolute atomic E-state index is 14.7. The number of Topliss-reactive ketones (excluding diaryl/α,β-unsaturated/α-hetero) is 3. The molecule has 0 saturated heterocycles. The van der Waals surface area contributed by atoms with Crippen molar-refractivity contribution >= 4 is 22.9 Å². The molecular formula is C37H44O7. The minimum atomic E-state index is -2.61. The van der Waals surface area contributed by atoms with E-state index in [2.05, 4.69) is 0 Å². The van der Waals surface area contributed by atoms with Crippen LogP contribution in [0, 0.1) is 28.6 Å². The van der Waals surface area contributed by atoms with Gasteiger partial charge in [-0.25, -0.2) is 0 Å². The van der Waals surface area contributed by atoms with Crippen molar-refractivity contribution in [2.75, 3.05) is 0 Å². The minimum Gasteiger partial charge on any atom is -0.511 e. The lowest BCUT2D eigenvalue weighted by Crippen LogP contribution is -2.67. The maximum Gasteiger partial charge on any atom is 0.209 e. The lowest BCUT2D eigenvalue weighted by Gasteiger charge is -2.59. The molecule has 0 aromatic heterocycles. The van der Waals surface area contributed by atoms with E-state index in [-0.39, 0.29) is 35.0 Å². The summed E-state index contributed by atoms with van der Waals surface area (Å²) >= 11 is 0. The number of carbonyl (C=O) groups is 3. The number of rotatable bonds is 5. The summed E-state index contributed by atoms with van der Waals surface area (Å²) < 4.78 is 0. The molecule has 1 fully saturated rings. The summed E-state index contributed by atoms with van der Waals surface area (Å²) in [6.45, 7) is 8.36. The number of fused-ring (bicyclic) bond motifs is 3. The lowest BCUT2D eigenvalue weighted by atomic mass is 9.44. The highest BCUT2D eigenvalue weighted by atomic mass is 16.3. The lowest BCUT2D eigenvalue weighted by molar-refractivity contribution is -0.171. The van der Waals surface area contributed by atoms with Crippen LogP contribution in [0.2, 0.25) is 0 Å². The van der Waals surface area contributed by atoms with Gasteiger partial charge in [0, 0.05) is 27.9 Å². The average molecular weight is 601 g/mol. The van der Waals surface area contributed by atoms with E-state index in [4.69, 9.17) is 0 Å². The highest BCUT2D eigenvalue weighted by Crippen LogP contribution is 2.65. The fourth-order valence-electron chi connectivity index (χ4n) is 9.64. The third kappa shape index (κ3) is 4.07. The standard InChI is InChI=1S/C37H44O7/c1-19(2)28-31(40)26(20(3)38)33(42)37(44)34(43)29-32(41)27-25(17-35(29,4)18-36(28,37)5)23(15-21-11-7-6-8-12-21)16-24(30(27)39)22-13-9-10-14-22/h9,13-14,16,19,21,28,39-40,43-44H,6-8,10-12,15,17-18H2,1-5H3/t28?,35-,36-,37+/m1/s1. The van der Waals surface area contributed by atoms with E-state index >= 15 is 0 Å². The van der Waals surface area contributed by atoms with Crippen LogP contribution in [-0.4, -0.2) is 43.4 Å². The molecule has 4 N–H and O–H groups in total. The van der Waals surface area contributed by atoms with Gasteiger partial charge in [-0.3, -0.25) is 14.4 Å². The van der Waals surface area contributed by atoms with Crippen molar-refractivity contribution in [3.63, 3.8) is 0 Å². The summed E-state index contributed by atoms with van der Waals surface area (Å²) in [5.41, 5.74) is -2.39. The molecule has 4 atom stereocenters. The van der Waals surface area contributed by atoms with Crippen LogP contribution >= 0.6 is 0 Å². The van der Waals surface area contributed by atoms with E-state index in [0.717, 1.165) is 49.3 Å². The van der Waals surface area contributed by atoms with Gasteiger partial charge in [-0.05, 0) is 67.2 Å². The Hall–Kier alpha value is -3.45. The van der Waals surface area contributed by atoms with Crippen LogP contribution in [0.1, 0.15) is 107 Å². The Labute approximate surface area is 259 Å². The van der Waals surface area contributed by atoms with Gasteiger partial charge in [0.1, 0.15) is 22.8 Å². The number of hydrogen-bond donors (Lipinski definition) is 4. The SMILES string of the molecule is CC(=O)C1=C(O)C(C(C)C)[C@@]2(C)C[C@@]3(C)Cc4c(CC5CCCCC5)cc(C5=CCC=C5)c(O)c4C(=O)C3=C(O)[C@@]2(O)C1=O. The van der Waals surface area contributed by atoms with Gasteiger partial charge in [-0.2, -0.15) is 0 Å². The molecule has 0 radical (unpaired) electrons. The fraction of sp³-hybridized carbons (Fsp3) is 0.541. The molecule has 5 aliphatic carbocycles. The Bertz CT molecular complexity index is 1610. The zero-order valence-corrected chi connectivity index (χ0v) is 26.4. The Morgan fingerprint density at radius 3 is 2.34 bits per heavy atom. The number of aliphatic hydroxyl groups excluding tert-OH is 2. The van der Waals surface area contributed by atoms with Gasteiger partial charge in [0.05, 0.1) is 5.56 Å². The minimum absolute atomic E-state index is 0.0999. The zero-order valence-electron chi connectivity index (χ0n) is 26.4. The van der Waals surface area contributed by atoms with Crippen molar-refractivity contribution in [3.05, 3.63) is 69.2 Å². The second kappa shape index (κ2) is 10.3. The zero-order chi connectivity index (χ0) is 31.9. The molecule has 1 saturated carbocycles. The summed E-state index contributed by atoms with van der Waals surface area (Å²) in [5.74, 6) is -4.39. The molecule has 0 spiro atoms. The van der Waals surface area contributed by atoms with Crippen molar-refractivity contribution in [1.29, 1.82) is 0 Å². The number of carbonyl (C=O) groups excluding carboxylic acids is 3. The van der Waals surface area contributed by atoms with E-state index in [1.165, 1.54) is 19.3 Å². The van der Waals surface area contributed by atoms with Crippen molar-refractivity contribution in [2.45, 2.75) is 98.0 Å². The first kappa shape index (κ1) is 30.6. The Kier molecular flexibility index (Phi) is 7.15. The Morgan fingerprint density at radius 2 is 1.75 bits per heavy atom. The van der Waals surface area contributed by atoms with E-state index in [1.807, 2.05) is 45.1 Å². The van der Waals surface area contributed by atoms with Gasteiger partial charge in [0.2, 0.25) is 5.78 Å². The predicted molar refractivity (Wildman–Crippen MR) is 167 cm³/mol. The topological polar surface area (TPSA) is 132 Å². The number of aromatic hydroxyl groups is 1. The van der Waals surface area contributed by atoms with Gasteiger partial charge in [-0.1, -0.05) is 78.0 Å². The highest BCUT2D eigenvalue weighted by Gasteiger charge is 2.71. The van der Waals surface area contributed by atoms with E-state index in [1.54, 1.807) is 6.92 Å². The molecule has 0 amide bonds. The number of benzene rings is 1. The van der Waals surface area contributed by atoms with Crippen molar-refractivity contribution < 1.29 is 34.8 Å². The van der Waals surface area contributed by atoms with Crippen LogP contribution in [0.5, 0.6) is 5.75 Å². The van der Waals surface area contributed by atoms with Crippen LogP contribution in [0.25, 0.3) is 5.57 Å². The molecule has 7 heteroatoms. The van der Waals surface area contributed by atoms with Gasteiger partial charge in [0.15, 0.2) is 17.2 Å². The van der Waals surface area contributed by atoms with Crippen molar-refractivity contribution in [3.8, 4) is 5.75 Å². The molecule has 0 aliphatic heterocycles. The number of allylic oxidation sites excluding steroid dienone is 6. The van der Waals surface area contributed by atoms with Crippen molar-refractivity contribution in [2.24, 2.45) is 28.6 Å². The van der Waals surface area contributed by atoms with Crippen LogP contribution in [0.4, 0.5) is 0 Å². The van der Waals surface area contributed by atoms with Gasteiger partial charge < -0.3 is 20.4 Å². The highest BCUT2D eigenvalue weighted by molar-refractivity contribution is 6.25. The summed E-state index contributed by atoms with van der Waals surface area (Å²) in [6.07, 6.45) is 13.6. The first-order chi connectivity index (χ1) is 20.7. The molecule has 44 heavy (non-hydrogen) atoms. The first-order valence-corrected chi connectivity index (χ1v) is 16.1. The first-order valence-electron chi connectivity index (χ1n) is 16.1. The molecule has 1 unspecified atom stereocenters. The smallest absolute Gasteiger partial charge is 0.209 e. The second-order valence-corrected chi connectivity index (χ2v) is 14.8. The molecule has 1 aromatic carbocycles. The second-order valence-electron chi connectivity index (χ2n) is 14.8. The Morgan fingerprint density at radius 1 is 1.07 bits per heavy atom. The van der Waals surface area contributed by atoms with Gasteiger partial charge >= 0.3 is 0 Å². The molecule has 0 bridgehead atoms. The summed E-state index contributed by atoms with van der Waals surface area (Å²) in [7, 11) is 0. The van der Waals surface area contributed by atoms with E-state index in [9.17, 15) is 34.8 Å². The Balaban J connectivity index is 1.60. The molecule has 5 aliphatic rings. The fourth-order valence-corrected chi connectivity index (χ4v) is 9.64. The molecule has 234 valence electrons. The van der Waals surface area contributed by atoms with Gasteiger partial charge in [0.25, 0.3) is 0 Å². The van der Waals surface area contributed by atoms with Crippen LogP contribution in [0.15, 0.2) is 47.0 Å². The number of hydrogen-bond acceptors (Lipinski definition) is 7. The largest absolute Gasteiger partial charge is 0.511 e. The number of aliphatic hydroxyl groups is 3.